The number of nitrogens with zero attached hydrogens (tertiary/aromatic N) is 4. The summed E-state index contributed by atoms with van der Waals surface area (Å²) in [5, 5.41) is 8.35. The van der Waals surface area contributed by atoms with E-state index in [-0.39, 0.29) is 11.5 Å². The van der Waals surface area contributed by atoms with Crippen LogP contribution in [0, 0.1) is 0 Å². The molecule has 3 rings (SSSR count). The van der Waals surface area contributed by atoms with Gasteiger partial charge in [0.2, 0.25) is 0 Å². The largest absolute Gasteiger partial charge is 0.370 e. The highest BCUT2D eigenvalue weighted by Gasteiger charge is 2.41. The lowest BCUT2D eigenvalue weighted by Gasteiger charge is -2.23. The van der Waals surface area contributed by atoms with E-state index in [9.17, 15) is 8.42 Å². The van der Waals surface area contributed by atoms with Crippen molar-refractivity contribution in [2.75, 3.05) is 23.4 Å². The summed E-state index contributed by atoms with van der Waals surface area (Å²) in [5.74, 6) is 1.04. The van der Waals surface area contributed by atoms with Crippen LogP contribution >= 0.6 is 0 Å². The van der Waals surface area contributed by atoms with E-state index in [1.54, 1.807) is 10.9 Å². The molecule has 0 bridgehead atoms. The maximum atomic E-state index is 11.8. The standard InChI is InChI=1S/C12H17N5O2S/c1-3-13-10-9-6-16-17(11(9)15-8-14-10)12(2)4-5-20(18,19)7-12/h6,8H,3-5,7H2,1-2H3,(H,13,14,15). The van der Waals surface area contributed by atoms with E-state index in [0.717, 1.165) is 17.7 Å². The van der Waals surface area contributed by atoms with Crippen LogP contribution < -0.4 is 5.32 Å². The Labute approximate surface area is 117 Å². The average Bonchev–Trinajstić information content (AvgIpc) is 2.93. The normalized spacial score (nSPS) is 25.1. The van der Waals surface area contributed by atoms with Gasteiger partial charge in [0.1, 0.15) is 12.1 Å². The molecule has 20 heavy (non-hydrogen) atoms. The Morgan fingerprint density at radius 2 is 2.25 bits per heavy atom. The van der Waals surface area contributed by atoms with E-state index >= 15 is 0 Å². The van der Waals surface area contributed by atoms with Gasteiger partial charge in [0.25, 0.3) is 0 Å². The Morgan fingerprint density at radius 3 is 2.90 bits per heavy atom. The summed E-state index contributed by atoms with van der Waals surface area (Å²) in [4.78, 5) is 8.47. The first kappa shape index (κ1) is 13.3. The molecule has 1 N–H and O–H groups in total. The summed E-state index contributed by atoms with van der Waals surface area (Å²) >= 11 is 0. The van der Waals surface area contributed by atoms with Gasteiger partial charge < -0.3 is 5.32 Å². The molecule has 7 nitrogen and oxygen atoms in total. The fourth-order valence-electron chi connectivity index (χ4n) is 2.71. The van der Waals surface area contributed by atoms with Crippen molar-refractivity contribution in [1.82, 2.24) is 19.7 Å². The predicted molar refractivity (Wildman–Crippen MR) is 76.4 cm³/mol. The third-order valence-electron chi connectivity index (χ3n) is 3.70. The van der Waals surface area contributed by atoms with Crippen LogP contribution in [0.3, 0.4) is 0 Å². The Morgan fingerprint density at radius 1 is 1.45 bits per heavy atom. The average molecular weight is 295 g/mol. The molecule has 3 heterocycles. The molecular formula is C12H17N5O2S. The molecule has 0 spiro atoms. The van der Waals surface area contributed by atoms with Gasteiger partial charge in [-0.3, -0.25) is 0 Å². The minimum absolute atomic E-state index is 0.108. The Balaban J connectivity index is 2.12. The number of aromatic nitrogens is 4. The lowest BCUT2D eigenvalue weighted by atomic mass is 10.0. The lowest BCUT2D eigenvalue weighted by Crippen LogP contribution is -2.32. The summed E-state index contributed by atoms with van der Waals surface area (Å²) < 4.78 is 25.3. The van der Waals surface area contributed by atoms with Gasteiger partial charge in [-0.15, -0.1) is 0 Å². The van der Waals surface area contributed by atoms with Crippen LogP contribution in [0.2, 0.25) is 0 Å². The first-order chi connectivity index (χ1) is 9.45. The maximum absolute atomic E-state index is 11.8. The zero-order chi connectivity index (χ0) is 14.4. The van der Waals surface area contributed by atoms with E-state index in [1.807, 2.05) is 13.8 Å². The van der Waals surface area contributed by atoms with E-state index in [2.05, 4.69) is 20.4 Å². The first-order valence-corrected chi connectivity index (χ1v) is 8.41. The van der Waals surface area contributed by atoms with Gasteiger partial charge in [-0.2, -0.15) is 5.10 Å². The minimum Gasteiger partial charge on any atom is -0.370 e. The highest BCUT2D eigenvalue weighted by molar-refractivity contribution is 7.91. The van der Waals surface area contributed by atoms with Crippen LogP contribution in [0.1, 0.15) is 20.3 Å². The number of sulfone groups is 1. The molecule has 0 aromatic carbocycles. The highest BCUT2D eigenvalue weighted by atomic mass is 32.2. The van der Waals surface area contributed by atoms with Crippen LogP contribution in [0.5, 0.6) is 0 Å². The molecule has 1 atom stereocenters. The molecular weight excluding hydrogens is 278 g/mol. The molecule has 0 amide bonds. The fourth-order valence-corrected chi connectivity index (χ4v) is 4.82. The molecule has 1 fully saturated rings. The molecule has 0 saturated carbocycles. The number of hydrogen-bond donors (Lipinski definition) is 1. The van der Waals surface area contributed by atoms with Crippen molar-refractivity contribution < 1.29 is 8.42 Å². The quantitative estimate of drug-likeness (QED) is 0.900. The summed E-state index contributed by atoms with van der Waals surface area (Å²) in [5.41, 5.74) is 0.147. The lowest BCUT2D eigenvalue weighted by molar-refractivity contribution is 0.338. The van der Waals surface area contributed by atoms with Crippen molar-refractivity contribution in [3.05, 3.63) is 12.5 Å². The van der Waals surface area contributed by atoms with Crippen LogP contribution in [0.25, 0.3) is 11.0 Å². The van der Waals surface area contributed by atoms with Crippen molar-refractivity contribution >= 4 is 26.7 Å². The fraction of sp³-hybridized carbons (Fsp3) is 0.583. The molecule has 2 aromatic heterocycles. The van der Waals surface area contributed by atoms with Gasteiger partial charge in [0, 0.05) is 6.54 Å². The zero-order valence-electron chi connectivity index (χ0n) is 11.5. The van der Waals surface area contributed by atoms with Gasteiger partial charge in [-0.1, -0.05) is 0 Å². The Hall–Kier alpha value is -1.70. The predicted octanol–water partition coefficient (Wildman–Crippen LogP) is 0.792. The summed E-state index contributed by atoms with van der Waals surface area (Å²) in [6, 6.07) is 0. The first-order valence-electron chi connectivity index (χ1n) is 6.59. The third kappa shape index (κ3) is 2.04. The van der Waals surface area contributed by atoms with E-state index in [4.69, 9.17) is 0 Å². The van der Waals surface area contributed by atoms with Crippen molar-refractivity contribution in [1.29, 1.82) is 0 Å². The maximum Gasteiger partial charge on any atom is 0.163 e. The second-order valence-corrected chi connectivity index (χ2v) is 7.57. The molecule has 1 unspecified atom stereocenters. The second kappa shape index (κ2) is 4.41. The third-order valence-corrected chi connectivity index (χ3v) is 5.59. The molecule has 108 valence electrons. The van der Waals surface area contributed by atoms with E-state index in [0.29, 0.717) is 12.1 Å². The summed E-state index contributed by atoms with van der Waals surface area (Å²) in [7, 11) is -2.99. The number of anilines is 1. The van der Waals surface area contributed by atoms with Gasteiger partial charge >= 0.3 is 0 Å². The minimum atomic E-state index is -2.99. The molecule has 1 aliphatic heterocycles. The Bertz CT molecular complexity index is 754. The van der Waals surface area contributed by atoms with Crippen LogP contribution in [-0.2, 0) is 15.4 Å². The number of fused-ring (bicyclic) bond motifs is 1. The van der Waals surface area contributed by atoms with Crippen molar-refractivity contribution in [3.63, 3.8) is 0 Å². The van der Waals surface area contributed by atoms with Gasteiger partial charge in [0.05, 0.1) is 28.6 Å². The van der Waals surface area contributed by atoms with Crippen LogP contribution in [0.4, 0.5) is 5.82 Å². The Kier molecular flexibility index (Phi) is 2.93. The molecule has 0 radical (unpaired) electrons. The van der Waals surface area contributed by atoms with Crippen LogP contribution in [0.15, 0.2) is 12.5 Å². The number of rotatable bonds is 3. The molecule has 2 aromatic rings. The second-order valence-electron chi connectivity index (χ2n) is 5.39. The zero-order valence-corrected chi connectivity index (χ0v) is 12.3. The molecule has 1 aliphatic rings. The molecule has 8 heteroatoms. The van der Waals surface area contributed by atoms with Crippen LogP contribution in [-0.4, -0.2) is 46.2 Å². The van der Waals surface area contributed by atoms with Gasteiger partial charge in [-0.25, -0.2) is 23.1 Å². The van der Waals surface area contributed by atoms with E-state index < -0.39 is 15.4 Å². The van der Waals surface area contributed by atoms with Crippen molar-refractivity contribution in [2.45, 2.75) is 25.8 Å². The number of hydrogen-bond acceptors (Lipinski definition) is 6. The summed E-state index contributed by atoms with van der Waals surface area (Å²) in [6.45, 7) is 4.66. The molecule has 0 aliphatic carbocycles. The summed E-state index contributed by atoms with van der Waals surface area (Å²) in [6.07, 6.45) is 3.74. The topological polar surface area (TPSA) is 89.8 Å². The highest BCUT2D eigenvalue weighted by Crippen LogP contribution is 2.33. The van der Waals surface area contributed by atoms with Gasteiger partial charge in [-0.05, 0) is 20.3 Å². The smallest absolute Gasteiger partial charge is 0.163 e. The van der Waals surface area contributed by atoms with Crippen molar-refractivity contribution in [3.8, 4) is 0 Å². The van der Waals surface area contributed by atoms with Crippen molar-refractivity contribution in [2.24, 2.45) is 0 Å². The molecule has 1 saturated heterocycles. The SMILES string of the molecule is CCNc1ncnc2c1cnn2C1(C)CCS(=O)(=O)C1. The van der Waals surface area contributed by atoms with Gasteiger partial charge in [0.15, 0.2) is 15.5 Å². The van der Waals surface area contributed by atoms with E-state index in [1.165, 1.54) is 6.33 Å². The monoisotopic (exact) mass is 295 g/mol. The number of nitrogens with one attached hydrogen (secondary N) is 1.